The predicted octanol–water partition coefficient (Wildman–Crippen LogP) is 3.82. The highest BCUT2D eigenvalue weighted by Gasteiger charge is 2.49. The summed E-state index contributed by atoms with van der Waals surface area (Å²) in [5.41, 5.74) is 9.02. The largest absolute Gasteiger partial charge is 0.461 e. The number of hydrogen-bond acceptors (Lipinski definition) is 8. The standard InChI is InChI=1S/C28H35F2IN6O2/c1-15-7-20(32)24(30)23(25(15)31)22-8-21-19(13-38-22)26(36-11-17-3-4-18(12-36)33-17)35-27(34-21)39-14-28-5-2-6-37(28)10-16(29)9-28/h7,16-18,22,33H,2-6,8-14,32H2,1H3/t16-,17?,18?,22+,28+/m1/s1. The van der Waals surface area contributed by atoms with Gasteiger partial charge in [-0.3, -0.25) is 4.90 Å². The molecule has 2 aromatic rings. The van der Waals surface area contributed by atoms with Gasteiger partial charge in [0.05, 0.1) is 29.6 Å². The molecule has 8 nitrogen and oxygen atoms in total. The molecule has 0 aliphatic carbocycles. The highest BCUT2D eigenvalue weighted by atomic mass is 127. The maximum absolute atomic E-state index is 15.3. The number of anilines is 2. The molecule has 0 radical (unpaired) electrons. The Morgan fingerprint density at radius 1 is 1.26 bits per heavy atom. The number of alkyl halides is 1. The number of aromatic nitrogens is 2. The first-order valence-corrected chi connectivity index (χ1v) is 15.2. The Balaban J connectivity index is 1.23. The van der Waals surface area contributed by atoms with Crippen LogP contribution in [0.5, 0.6) is 6.01 Å². The Kier molecular flexibility index (Phi) is 6.63. The van der Waals surface area contributed by atoms with Crippen molar-refractivity contribution in [1.29, 1.82) is 0 Å². The van der Waals surface area contributed by atoms with Crippen molar-refractivity contribution in [3.05, 3.63) is 37.8 Å². The lowest BCUT2D eigenvalue weighted by Crippen LogP contribution is -2.52. The average molecular weight is 653 g/mol. The molecule has 5 atom stereocenters. The van der Waals surface area contributed by atoms with Crippen LogP contribution in [0.3, 0.4) is 0 Å². The first-order chi connectivity index (χ1) is 18.8. The Hall–Kier alpha value is -1.83. The number of halogens is 3. The quantitative estimate of drug-likeness (QED) is 0.373. The van der Waals surface area contributed by atoms with Gasteiger partial charge in [0.25, 0.3) is 0 Å². The van der Waals surface area contributed by atoms with Gasteiger partial charge < -0.3 is 25.4 Å². The summed E-state index contributed by atoms with van der Waals surface area (Å²) in [6.45, 7) is 5.72. The van der Waals surface area contributed by atoms with Crippen molar-refractivity contribution in [3.8, 4) is 6.01 Å². The predicted molar refractivity (Wildman–Crippen MR) is 152 cm³/mol. The van der Waals surface area contributed by atoms with Gasteiger partial charge in [-0.1, -0.05) is 0 Å². The van der Waals surface area contributed by atoms with Crippen molar-refractivity contribution < 1.29 is 18.3 Å². The van der Waals surface area contributed by atoms with Gasteiger partial charge in [-0.15, -0.1) is 0 Å². The SMILES string of the molecule is Cc1cc(N)c(F)c([C@@H]2Cc3nc(OC[C@@]45CCCN4C[C@H](F)C5)nc(N4CC5CCC(C4)N5)c3CO2)c1I. The minimum absolute atomic E-state index is 0.129. The summed E-state index contributed by atoms with van der Waals surface area (Å²) in [7, 11) is 0. The van der Waals surface area contributed by atoms with Gasteiger partial charge in [0.2, 0.25) is 0 Å². The van der Waals surface area contributed by atoms with Gasteiger partial charge >= 0.3 is 6.01 Å². The average Bonchev–Trinajstić information content (AvgIpc) is 3.56. The molecule has 7 rings (SSSR count). The first kappa shape index (κ1) is 26.1. The molecule has 0 saturated carbocycles. The van der Waals surface area contributed by atoms with Crippen LogP contribution in [0.2, 0.25) is 0 Å². The molecule has 1 aromatic carbocycles. The fourth-order valence-electron chi connectivity index (χ4n) is 7.47. The summed E-state index contributed by atoms with van der Waals surface area (Å²) in [5, 5.41) is 3.68. The summed E-state index contributed by atoms with van der Waals surface area (Å²) in [6, 6.07) is 2.86. The lowest BCUT2D eigenvalue weighted by Gasteiger charge is -2.37. The fourth-order valence-corrected chi connectivity index (χ4v) is 8.21. The minimum Gasteiger partial charge on any atom is -0.461 e. The van der Waals surface area contributed by atoms with Crippen molar-refractivity contribution >= 4 is 34.1 Å². The summed E-state index contributed by atoms with van der Waals surface area (Å²) in [4.78, 5) is 14.4. The number of nitrogens with zero attached hydrogens (tertiary/aromatic N) is 4. The van der Waals surface area contributed by atoms with E-state index in [2.05, 4.69) is 37.7 Å². The van der Waals surface area contributed by atoms with E-state index in [-0.39, 0.29) is 11.2 Å². The van der Waals surface area contributed by atoms with Crippen LogP contribution in [-0.2, 0) is 17.8 Å². The third kappa shape index (κ3) is 4.57. The van der Waals surface area contributed by atoms with Gasteiger partial charge in [0, 0.05) is 59.3 Å². The summed E-state index contributed by atoms with van der Waals surface area (Å²) in [5.74, 6) is 0.423. The van der Waals surface area contributed by atoms with Crippen LogP contribution in [0.15, 0.2) is 6.07 Å². The van der Waals surface area contributed by atoms with E-state index in [1.165, 1.54) is 0 Å². The normalized spacial score (nSPS) is 31.9. The molecule has 4 saturated heterocycles. The van der Waals surface area contributed by atoms with E-state index in [4.69, 9.17) is 25.2 Å². The minimum atomic E-state index is -0.817. The Bertz CT molecular complexity index is 1260. The first-order valence-electron chi connectivity index (χ1n) is 14.1. The molecular weight excluding hydrogens is 617 g/mol. The van der Waals surface area contributed by atoms with Crippen molar-refractivity contribution in [2.75, 3.05) is 43.4 Å². The van der Waals surface area contributed by atoms with Crippen LogP contribution in [0, 0.1) is 16.3 Å². The van der Waals surface area contributed by atoms with Crippen LogP contribution >= 0.6 is 22.6 Å². The molecule has 4 fully saturated rings. The number of piperazine rings is 1. The number of fused-ring (bicyclic) bond motifs is 4. The zero-order valence-electron chi connectivity index (χ0n) is 22.2. The van der Waals surface area contributed by atoms with Crippen LogP contribution < -0.4 is 20.7 Å². The molecule has 5 aliphatic heterocycles. The zero-order valence-corrected chi connectivity index (χ0v) is 24.3. The Labute approximate surface area is 241 Å². The molecule has 3 N–H and O–H groups in total. The van der Waals surface area contributed by atoms with Gasteiger partial charge in [-0.2, -0.15) is 9.97 Å². The highest BCUT2D eigenvalue weighted by molar-refractivity contribution is 14.1. The lowest BCUT2D eigenvalue weighted by atomic mass is 9.95. The van der Waals surface area contributed by atoms with Gasteiger partial charge in [0.1, 0.15) is 18.6 Å². The monoisotopic (exact) mass is 652 g/mol. The number of aryl methyl sites for hydroxylation is 1. The second-order valence-corrected chi connectivity index (χ2v) is 13.1. The molecule has 0 spiro atoms. The van der Waals surface area contributed by atoms with Gasteiger partial charge in [-0.05, 0) is 73.4 Å². The van der Waals surface area contributed by atoms with E-state index in [0.29, 0.717) is 56.3 Å². The molecule has 2 bridgehead atoms. The number of hydrogen-bond donors (Lipinski definition) is 2. The second kappa shape index (κ2) is 9.92. The number of nitrogens with one attached hydrogen (secondary N) is 1. The van der Waals surface area contributed by atoms with Crippen molar-refractivity contribution in [1.82, 2.24) is 20.2 Å². The molecule has 2 unspecified atom stereocenters. The second-order valence-electron chi connectivity index (χ2n) is 12.0. The molecule has 1 aromatic heterocycles. The van der Waals surface area contributed by atoms with Crippen molar-refractivity contribution in [2.24, 2.45) is 0 Å². The number of ether oxygens (including phenoxy) is 2. The van der Waals surface area contributed by atoms with Crippen molar-refractivity contribution in [3.63, 3.8) is 0 Å². The number of nitrogen functional groups attached to an aromatic ring is 1. The van der Waals surface area contributed by atoms with Crippen LogP contribution in [0.4, 0.5) is 20.3 Å². The Morgan fingerprint density at radius 2 is 2.05 bits per heavy atom. The van der Waals surface area contributed by atoms with E-state index in [9.17, 15) is 4.39 Å². The van der Waals surface area contributed by atoms with E-state index in [1.807, 2.05) is 6.92 Å². The zero-order chi connectivity index (χ0) is 26.9. The van der Waals surface area contributed by atoms with E-state index in [1.54, 1.807) is 6.07 Å². The van der Waals surface area contributed by atoms with Crippen molar-refractivity contribution in [2.45, 2.75) is 82.0 Å². The third-order valence-electron chi connectivity index (χ3n) is 9.37. The number of rotatable bonds is 5. The lowest BCUT2D eigenvalue weighted by molar-refractivity contribution is 0.0227. The molecule has 0 amide bonds. The summed E-state index contributed by atoms with van der Waals surface area (Å²) in [6.07, 6.45) is 3.87. The molecule has 39 heavy (non-hydrogen) atoms. The summed E-state index contributed by atoms with van der Waals surface area (Å²) >= 11 is 2.18. The van der Waals surface area contributed by atoms with Crippen LogP contribution in [0.1, 0.15) is 60.6 Å². The highest BCUT2D eigenvalue weighted by Crippen LogP contribution is 2.42. The number of nitrogens with two attached hydrogens (primary N) is 1. The Morgan fingerprint density at radius 3 is 2.85 bits per heavy atom. The smallest absolute Gasteiger partial charge is 0.318 e. The topological polar surface area (TPSA) is 88.8 Å². The third-order valence-corrected chi connectivity index (χ3v) is 10.8. The molecule has 5 aliphatic rings. The number of benzene rings is 1. The van der Waals surface area contributed by atoms with E-state index >= 15 is 4.39 Å². The van der Waals surface area contributed by atoms with E-state index < -0.39 is 18.1 Å². The molecule has 6 heterocycles. The van der Waals surface area contributed by atoms with Gasteiger partial charge in [-0.25, -0.2) is 8.78 Å². The van der Waals surface area contributed by atoms with Crippen LogP contribution in [-0.4, -0.2) is 71.4 Å². The van der Waals surface area contributed by atoms with Gasteiger partial charge in [0.15, 0.2) is 5.82 Å². The van der Waals surface area contributed by atoms with Crippen LogP contribution in [0.25, 0.3) is 0 Å². The summed E-state index contributed by atoms with van der Waals surface area (Å²) < 4.78 is 43.1. The maximum Gasteiger partial charge on any atom is 0.318 e. The fraction of sp³-hybridized carbons (Fsp3) is 0.643. The maximum atomic E-state index is 15.3. The molecular formula is C28H35F2IN6O2. The molecule has 210 valence electrons. The molecule has 11 heteroatoms. The van der Waals surface area contributed by atoms with E-state index in [0.717, 1.165) is 71.5 Å².